The van der Waals surface area contributed by atoms with Gasteiger partial charge in [-0.3, -0.25) is 4.79 Å². The van der Waals surface area contributed by atoms with Crippen molar-refractivity contribution in [3.8, 4) is 0 Å². The lowest BCUT2D eigenvalue weighted by Gasteiger charge is -2.14. The highest BCUT2D eigenvalue weighted by atomic mass is 79.9. The maximum absolute atomic E-state index is 11.8. The Labute approximate surface area is 114 Å². The van der Waals surface area contributed by atoms with E-state index in [2.05, 4.69) is 15.9 Å². The second-order valence-electron chi connectivity index (χ2n) is 3.72. The number of carbonyl (C=O) groups excluding carboxylic acids is 2. The Bertz CT molecular complexity index is 463. The van der Waals surface area contributed by atoms with E-state index in [0.717, 1.165) is 0 Å². The molecule has 0 radical (unpaired) electrons. The van der Waals surface area contributed by atoms with E-state index in [1.165, 1.54) is 11.0 Å². The minimum atomic E-state index is -0.577. The Kier molecular flexibility index (Phi) is 5.15. The molecule has 5 nitrogen and oxygen atoms in total. The molecule has 0 saturated carbocycles. The smallest absolute Gasteiger partial charge is 0.339 e. The number of benzene rings is 1. The van der Waals surface area contributed by atoms with Crippen LogP contribution >= 0.6 is 15.9 Å². The Morgan fingerprint density at radius 3 is 2.72 bits per heavy atom. The first-order chi connectivity index (χ1) is 8.45. The molecule has 2 N–H and O–H groups in total. The minimum Gasteiger partial charge on any atom is -0.452 e. The SMILES string of the molecule is CCN(C)C(=O)COC(=O)c1cc(N)ccc1Br. The highest BCUT2D eigenvalue weighted by molar-refractivity contribution is 9.10. The summed E-state index contributed by atoms with van der Waals surface area (Å²) in [5.74, 6) is -0.821. The summed E-state index contributed by atoms with van der Waals surface area (Å²) in [6.07, 6.45) is 0. The van der Waals surface area contributed by atoms with Gasteiger partial charge in [-0.05, 0) is 41.1 Å². The van der Waals surface area contributed by atoms with Crippen molar-refractivity contribution in [3.63, 3.8) is 0 Å². The van der Waals surface area contributed by atoms with Crippen molar-refractivity contribution in [1.82, 2.24) is 4.90 Å². The van der Waals surface area contributed by atoms with E-state index in [1.807, 2.05) is 6.92 Å². The number of halogens is 1. The number of likely N-dealkylation sites (N-methyl/N-ethyl adjacent to an activating group) is 1. The lowest BCUT2D eigenvalue weighted by atomic mass is 10.2. The van der Waals surface area contributed by atoms with Gasteiger partial charge in [0.25, 0.3) is 5.91 Å². The number of amides is 1. The third-order valence-electron chi connectivity index (χ3n) is 2.44. The van der Waals surface area contributed by atoms with Gasteiger partial charge in [0.1, 0.15) is 0 Å². The van der Waals surface area contributed by atoms with Crippen LogP contribution in [0.3, 0.4) is 0 Å². The van der Waals surface area contributed by atoms with Gasteiger partial charge in [-0.2, -0.15) is 0 Å². The molecule has 0 aromatic heterocycles. The number of ether oxygens (including phenoxy) is 1. The summed E-state index contributed by atoms with van der Waals surface area (Å²) in [5, 5.41) is 0. The molecule has 18 heavy (non-hydrogen) atoms. The van der Waals surface area contributed by atoms with Crippen molar-refractivity contribution < 1.29 is 14.3 Å². The maximum atomic E-state index is 11.8. The van der Waals surface area contributed by atoms with E-state index < -0.39 is 5.97 Å². The van der Waals surface area contributed by atoms with Crippen molar-refractivity contribution in [2.24, 2.45) is 0 Å². The summed E-state index contributed by atoms with van der Waals surface area (Å²) in [7, 11) is 1.65. The summed E-state index contributed by atoms with van der Waals surface area (Å²) >= 11 is 3.23. The standard InChI is InChI=1S/C12H15BrN2O3/c1-3-15(2)11(16)7-18-12(17)9-6-8(14)4-5-10(9)13/h4-6H,3,7,14H2,1-2H3. The van der Waals surface area contributed by atoms with Crippen LogP contribution in [0.2, 0.25) is 0 Å². The fraction of sp³-hybridized carbons (Fsp3) is 0.333. The predicted molar refractivity (Wildman–Crippen MR) is 72.1 cm³/mol. The van der Waals surface area contributed by atoms with Gasteiger partial charge in [0.05, 0.1) is 5.56 Å². The molecule has 1 aromatic rings. The molecule has 98 valence electrons. The zero-order valence-electron chi connectivity index (χ0n) is 10.3. The van der Waals surface area contributed by atoms with Crippen LogP contribution in [0.5, 0.6) is 0 Å². The fourth-order valence-electron chi connectivity index (χ4n) is 1.19. The predicted octanol–water partition coefficient (Wildman–Crippen LogP) is 1.67. The molecule has 0 heterocycles. The first-order valence-corrected chi connectivity index (χ1v) is 6.21. The van der Waals surface area contributed by atoms with E-state index in [0.29, 0.717) is 22.3 Å². The van der Waals surface area contributed by atoms with Gasteiger partial charge in [0, 0.05) is 23.8 Å². The number of anilines is 1. The Balaban J connectivity index is 2.66. The molecule has 0 saturated heterocycles. The molecule has 1 rings (SSSR count). The lowest BCUT2D eigenvalue weighted by molar-refractivity contribution is -0.133. The summed E-state index contributed by atoms with van der Waals surface area (Å²) in [4.78, 5) is 24.7. The maximum Gasteiger partial charge on any atom is 0.339 e. The van der Waals surface area contributed by atoms with E-state index in [-0.39, 0.29) is 12.5 Å². The number of rotatable bonds is 4. The van der Waals surface area contributed by atoms with E-state index in [1.54, 1.807) is 19.2 Å². The third-order valence-corrected chi connectivity index (χ3v) is 3.13. The van der Waals surface area contributed by atoms with Crippen molar-refractivity contribution in [2.75, 3.05) is 25.9 Å². The van der Waals surface area contributed by atoms with Crippen molar-refractivity contribution in [1.29, 1.82) is 0 Å². The summed E-state index contributed by atoms with van der Waals surface area (Å²) in [6.45, 7) is 2.14. The topological polar surface area (TPSA) is 72.6 Å². The molecule has 1 aromatic carbocycles. The first-order valence-electron chi connectivity index (χ1n) is 5.41. The molecular weight excluding hydrogens is 300 g/mol. The molecule has 0 aliphatic heterocycles. The monoisotopic (exact) mass is 314 g/mol. The number of esters is 1. The van der Waals surface area contributed by atoms with Crippen molar-refractivity contribution in [2.45, 2.75) is 6.92 Å². The summed E-state index contributed by atoms with van der Waals surface area (Å²) in [6, 6.07) is 4.82. The molecule has 0 aliphatic rings. The molecule has 1 amide bonds. The summed E-state index contributed by atoms with van der Waals surface area (Å²) < 4.78 is 5.51. The largest absolute Gasteiger partial charge is 0.452 e. The number of nitrogens with two attached hydrogens (primary N) is 1. The molecule has 0 spiro atoms. The minimum absolute atomic E-state index is 0.245. The fourth-order valence-corrected chi connectivity index (χ4v) is 1.60. The zero-order chi connectivity index (χ0) is 13.7. The van der Waals surface area contributed by atoms with E-state index in [9.17, 15) is 9.59 Å². The highest BCUT2D eigenvalue weighted by Gasteiger charge is 2.15. The van der Waals surface area contributed by atoms with E-state index >= 15 is 0 Å². The third kappa shape index (κ3) is 3.73. The number of hydrogen-bond acceptors (Lipinski definition) is 4. The van der Waals surface area contributed by atoms with E-state index in [4.69, 9.17) is 10.5 Å². The van der Waals surface area contributed by atoms with Gasteiger partial charge in [-0.25, -0.2) is 4.79 Å². The average molecular weight is 315 g/mol. The van der Waals surface area contributed by atoms with Crippen LogP contribution in [0.4, 0.5) is 5.69 Å². The van der Waals surface area contributed by atoms with Crippen LogP contribution in [0.15, 0.2) is 22.7 Å². The van der Waals surface area contributed by atoms with Gasteiger partial charge in [-0.15, -0.1) is 0 Å². The van der Waals surface area contributed by atoms with Gasteiger partial charge in [0.15, 0.2) is 6.61 Å². The molecule has 0 bridgehead atoms. The van der Waals surface area contributed by atoms with Gasteiger partial charge < -0.3 is 15.4 Å². The van der Waals surface area contributed by atoms with Crippen LogP contribution in [0.1, 0.15) is 17.3 Å². The Morgan fingerprint density at radius 2 is 2.11 bits per heavy atom. The van der Waals surface area contributed by atoms with Crippen LogP contribution in [-0.4, -0.2) is 37.0 Å². The number of carbonyl (C=O) groups is 2. The van der Waals surface area contributed by atoms with Gasteiger partial charge >= 0.3 is 5.97 Å². The zero-order valence-corrected chi connectivity index (χ0v) is 11.9. The highest BCUT2D eigenvalue weighted by Crippen LogP contribution is 2.20. The normalized spacial score (nSPS) is 9.94. The van der Waals surface area contributed by atoms with Crippen LogP contribution in [0, 0.1) is 0 Å². The molecular formula is C12H15BrN2O3. The number of hydrogen-bond donors (Lipinski definition) is 1. The Morgan fingerprint density at radius 1 is 1.44 bits per heavy atom. The van der Waals surface area contributed by atoms with Crippen LogP contribution in [0.25, 0.3) is 0 Å². The molecule has 0 fully saturated rings. The van der Waals surface area contributed by atoms with Crippen LogP contribution < -0.4 is 5.73 Å². The second kappa shape index (κ2) is 6.39. The lowest BCUT2D eigenvalue weighted by Crippen LogP contribution is -2.31. The average Bonchev–Trinajstić information content (AvgIpc) is 2.37. The first kappa shape index (κ1) is 14.5. The second-order valence-corrected chi connectivity index (χ2v) is 4.58. The van der Waals surface area contributed by atoms with Gasteiger partial charge in [-0.1, -0.05) is 0 Å². The quantitative estimate of drug-likeness (QED) is 0.677. The molecule has 0 aliphatic carbocycles. The number of nitrogen functional groups attached to an aromatic ring is 1. The molecule has 6 heteroatoms. The van der Waals surface area contributed by atoms with Crippen molar-refractivity contribution >= 4 is 33.5 Å². The van der Waals surface area contributed by atoms with Gasteiger partial charge in [0.2, 0.25) is 0 Å². The molecule has 0 atom stereocenters. The number of nitrogens with zero attached hydrogens (tertiary/aromatic N) is 1. The van der Waals surface area contributed by atoms with Crippen molar-refractivity contribution in [3.05, 3.63) is 28.2 Å². The Hall–Kier alpha value is -1.56. The van der Waals surface area contributed by atoms with Crippen LogP contribution in [-0.2, 0) is 9.53 Å². The molecule has 0 unspecified atom stereocenters. The summed E-state index contributed by atoms with van der Waals surface area (Å²) in [5.41, 5.74) is 6.35.